The molecule has 1 amide bonds. The predicted molar refractivity (Wildman–Crippen MR) is 211 cm³/mol. The molecule has 5 heterocycles. The van der Waals surface area contributed by atoms with Gasteiger partial charge in [0.05, 0.1) is 23.2 Å². The molecule has 4 aliphatic heterocycles. The molecule has 4 saturated heterocycles. The largest absolute Gasteiger partial charge is 0.507 e. The number of nitrogens with zero attached hydrogens (tertiary/aromatic N) is 5. The van der Waals surface area contributed by atoms with Crippen LogP contribution in [-0.2, 0) is 11.3 Å². The summed E-state index contributed by atoms with van der Waals surface area (Å²) in [6, 6.07) is 22.3. The number of benzene rings is 4. The van der Waals surface area contributed by atoms with E-state index in [9.17, 15) is 14.3 Å². The Balaban J connectivity index is 1.13. The van der Waals surface area contributed by atoms with E-state index in [1.54, 1.807) is 6.07 Å². The lowest BCUT2D eigenvalue weighted by Crippen LogP contribution is -2.57. The van der Waals surface area contributed by atoms with Gasteiger partial charge in [-0.2, -0.15) is 9.97 Å². The third-order valence-electron chi connectivity index (χ3n) is 11.8. The van der Waals surface area contributed by atoms with E-state index >= 15 is 4.39 Å². The van der Waals surface area contributed by atoms with Crippen molar-refractivity contribution in [2.45, 2.75) is 88.9 Å². The van der Waals surface area contributed by atoms with Crippen LogP contribution >= 0.6 is 0 Å². The van der Waals surface area contributed by atoms with Crippen LogP contribution in [0.4, 0.5) is 19.4 Å². The van der Waals surface area contributed by atoms with Crippen LogP contribution in [0.25, 0.3) is 32.8 Å². The zero-order valence-electron chi connectivity index (χ0n) is 32.0. The molecule has 0 aliphatic carbocycles. The number of aromatic hydroxyl groups is 1. The van der Waals surface area contributed by atoms with Crippen molar-refractivity contribution < 1.29 is 32.9 Å². The van der Waals surface area contributed by atoms with Gasteiger partial charge in [-0.05, 0) is 93.1 Å². The Hall–Kier alpha value is -5.23. The molecule has 10 nitrogen and oxygen atoms in total. The molecule has 4 aliphatic rings. The third kappa shape index (κ3) is 6.71. The Morgan fingerprint density at radius 1 is 0.946 bits per heavy atom. The fourth-order valence-corrected chi connectivity index (χ4v) is 9.39. The van der Waals surface area contributed by atoms with Crippen LogP contribution < -0.4 is 14.4 Å². The highest BCUT2D eigenvalue weighted by Crippen LogP contribution is 2.45. The molecule has 2 bridgehead atoms. The molecule has 0 radical (unpaired) electrons. The second-order valence-corrected chi connectivity index (χ2v) is 16.8. The molecule has 4 aromatic carbocycles. The molecule has 12 heteroatoms. The SMILES string of the molecule is CC(C)(C)OC(=O)N1[C@@H]2CC[C@H]1CN(c1nc(OC[C@@]34CCCN3C[C@H](F)C4)nc3c(F)c(-c4cc(OCc5ccccc5)cc5ccccc45)c(O)cc13)C2. The minimum atomic E-state index is -0.936. The number of halogens is 2. The van der Waals surface area contributed by atoms with Crippen molar-refractivity contribution in [2.24, 2.45) is 0 Å². The number of rotatable bonds is 8. The van der Waals surface area contributed by atoms with Crippen LogP contribution in [0.2, 0.25) is 0 Å². The van der Waals surface area contributed by atoms with Crippen LogP contribution in [0, 0.1) is 5.82 Å². The van der Waals surface area contributed by atoms with Gasteiger partial charge in [-0.25, -0.2) is 13.6 Å². The van der Waals surface area contributed by atoms with Gasteiger partial charge in [-0.3, -0.25) is 9.80 Å². The number of carbonyl (C=O) groups is 1. The second-order valence-electron chi connectivity index (χ2n) is 16.8. The number of ether oxygens (including phenoxy) is 3. The van der Waals surface area contributed by atoms with Crippen molar-refractivity contribution >= 4 is 33.6 Å². The van der Waals surface area contributed by atoms with Gasteiger partial charge in [0.2, 0.25) is 0 Å². The van der Waals surface area contributed by atoms with Crippen LogP contribution in [0.5, 0.6) is 17.5 Å². The maximum atomic E-state index is 17.5. The second kappa shape index (κ2) is 14.1. The summed E-state index contributed by atoms with van der Waals surface area (Å²) in [6.45, 7) is 8.08. The van der Waals surface area contributed by atoms with Crippen molar-refractivity contribution in [3.63, 3.8) is 0 Å². The fraction of sp³-hybridized carbons (Fsp3) is 0.432. The lowest BCUT2D eigenvalue weighted by Gasteiger charge is -2.42. The zero-order chi connectivity index (χ0) is 38.8. The number of hydrogen-bond acceptors (Lipinski definition) is 9. The predicted octanol–water partition coefficient (Wildman–Crippen LogP) is 8.42. The summed E-state index contributed by atoms with van der Waals surface area (Å²) in [4.78, 5) is 28.9. The van der Waals surface area contributed by atoms with E-state index in [-0.39, 0.29) is 47.6 Å². The maximum Gasteiger partial charge on any atom is 0.410 e. The van der Waals surface area contributed by atoms with Crippen molar-refractivity contribution in [1.82, 2.24) is 19.8 Å². The van der Waals surface area contributed by atoms with Gasteiger partial charge in [0, 0.05) is 31.4 Å². The van der Waals surface area contributed by atoms with Gasteiger partial charge >= 0.3 is 12.1 Å². The number of alkyl halides is 1. The van der Waals surface area contributed by atoms with Crippen molar-refractivity contribution in [3.05, 3.63) is 84.2 Å². The molecule has 0 spiro atoms. The molecule has 5 aromatic rings. The van der Waals surface area contributed by atoms with E-state index in [1.807, 2.05) is 91.2 Å². The first kappa shape index (κ1) is 36.4. The average Bonchev–Trinajstić information content (AvgIpc) is 3.79. The molecule has 9 rings (SSSR count). The van der Waals surface area contributed by atoms with Gasteiger partial charge in [0.25, 0.3) is 0 Å². The lowest BCUT2D eigenvalue weighted by atomic mass is 9.95. The van der Waals surface area contributed by atoms with Gasteiger partial charge in [-0.15, -0.1) is 0 Å². The zero-order valence-corrected chi connectivity index (χ0v) is 32.0. The quantitative estimate of drug-likeness (QED) is 0.167. The number of aromatic nitrogens is 2. The molecule has 0 saturated carbocycles. The molecule has 292 valence electrons. The Bertz CT molecular complexity index is 2290. The fourth-order valence-electron chi connectivity index (χ4n) is 9.39. The number of phenolic OH excluding ortho intramolecular Hbond substituents is 1. The van der Waals surface area contributed by atoms with E-state index in [0.29, 0.717) is 55.2 Å². The number of amides is 1. The van der Waals surface area contributed by atoms with E-state index in [2.05, 4.69) is 9.88 Å². The van der Waals surface area contributed by atoms with E-state index in [1.165, 1.54) is 6.07 Å². The number of fused-ring (bicyclic) bond motifs is 5. The summed E-state index contributed by atoms with van der Waals surface area (Å²) in [6.07, 6.45) is 2.40. The Kier molecular flexibility index (Phi) is 9.14. The van der Waals surface area contributed by atoms with Crippen molar-refractivity contribution in [1.29, 1.82) is 0 Å². The highest BCUT2D eigenvalue weighted by atomic mass is 19.1. The van der Waals surface area contributed by atoms with Crippen LogP contribution in [0.3, 0.4) is 0 Å². The molecule has 0 unspecified atom stereocenters. The van der Waals surface area contributed by atoms with E-state index in [0.717, 1.165) is 48.6 Å². The summed E-state index contributed by atoms with van der Waals surface area (Å²) < 4.78 is 50.5. The Labute approximate surface area is 325 Å². The first-order chi connectivity index (χ1) is 26.9. The summed E-state index contributed by atoms with van der Waals surface area (Å²) in [5, 5.41) is 13.7. The Morgan fingerprint density at radius 3 is 2.46 bits per heavy atom. The highest BCUT2D eigenvalue weighted by Gasteiger charge is 2.50. The van der Waals surface area contributed by atoms with Gasteiger partial charge in [0.15, 0.2) is 5.82 Å². The first-order valence-electron chi connectivity index (χ1n) is 19.7. The van der Waals surface area contributed by atoms with Gasteiger partial charge in [-0.1, -0.05) is 54.6 Å². The van der Waals surface area contributed by atoms with Crippen LogP contribution in [0.1, 0.15) is 58.4 Å². The van der Waals surface area contributed by atoms with Crippen molar-refractivity contribution in [2.75, 3.05) is 37.7 Å². The average molecular weight is 764 g/mol. The molecular formula is C44H47F2N5O5. The summed E-state index contributed by atoms with van der Waals surface area (Å²) in [7, 11) is 0. The topological polar surface area (TPSA) is 100 Å². The van der Waals surface area contributed by atoms with Crippen molar-refractivity contribution in [3.8, 4) is 28.6 Å². The molecule has 56 heavy (non-hydrogen) atoms. The van der Waals surface area contributed by atoms with E-state index < -0.39 is 23.1 Å². The maximum absolute atomic E-state index is 17.5. The number of anilines is 1. The van der Waals surface area contributed by atoms with E-state index in [4.69, 9.17) is 19.2 Å². The molecule has 1 N–H and O–H groups in total. The third-order valence-corrected chi connectivity index (χ3v) is 11.8. The number of phenols is 1. The monoisotopic (exact) mass is 763 g/mol. The summed E-state index contributed by atoms with van der Waals surface area (Å²) in [5.41, 5.74) is 0.322. The van der Waals surface area contributed by atoms with Gasteiger partial charge in [0.1, 0.15) is 47.8 Å². The van der Waals surface area contributed by atoms with Crippen LogP contribution in [0.15, 0.2) is 72.8 Å². The molecule has 4 atom stereocenters. The summed E-state index contributed by atoms with van der Waals surface area (Å²) in [5.74, 6) is -0.0589. The number of piperazine rings is 1. The smallest absolute Gasteiger partial charge is 0.410 e. The minimum absolute atomic E-state index is 0.00465. The Morgan fingerprint density at radius 2 is 1.70 bits per heavy atom. The van der Waals surface area contributed by atoms with Crippen LogP contribution in [-0.4, -0.2) is 93.1 Å². The normalized spacial score (nSPS) is 23.6. The minimum Gasteiger partial charge on any atom is -0.507 e. The molecular weight excluding hydrogens is 717 g/mol. The lowest BCUT2D eigenvalue weighted by molar-refractivity contribution is 0.0122. The standard InChI is InChI=1S/C44H47F2N5O5/c1-43(2,3)56-42(53)51-30-14-15-31(51)24-49(23-30)40-35-20-36(52)37(34-19-32(18-28-12-7-8-13-33(28)34)54-25-27-10-5-4-6-11-27)38(46)39(35)47-41(48-40)55-26-44-16-9-17-50(44)22-29(45)21-44/h4-8,10-13,18-20,29-31,52H,9,14-17,21-26H2,1-3H3/t29-,30-,31+,44+/m1/s1. The number of carbonyl (C=O) groups excluding carboxylic acids is 1. The first-order valence-corrected chi connectivity index (χ1v) is 19.7. The number of hydrogen-bond donors (Lipinski definition) is 1. The summed E-state index contributed by atoms with van der Waals surface area (Å²) >= 11 is 0. The molecule has 1 aromatic heterocycles. The van der Waals surface area contributed by atoms with Gasteiger partial charge < -0.3 is 24.2 Å². The molecule has 4 fully saturated rings. The highest BCUT2D eigenvalue weighted by molar-refractivity contribution is 6.03.